The minimum Gasteiger partial charge on any atom is -0.393 e. The second-order valence-corrected chi connectivity index (χ2v) is 8.92. The van der Waals surface area contributed by atoms with Crippen molar-refractivity contribution in [1.82, 2.24) is 4.90 Å². The average Bonchev–Trinajstić information content (AvgIpc) is 2.68. The smallest absolute Gasteiger partial charge is 0.229 e. The van der Waals surface area contributed by atoms with E-state index in [-0.39, 0.29) is 11.5 Å². The van der Waals surface area contributed by atoms with Gasteiger partial charge in [0.25, 0.3) is 0 Å². The third-order valence-corrected chi connectivity index (χ3v) is 7.43. The first-order valence-electron chi connectivity index (χ1n) is 9.14. The SMILES string of the molecule is O=C(N1C2CCC1CC(O)C2)C12CC3CC(CC(C3)C1)C2. The highest BCUT2D eigenvalue weighted by atomic mass is 16.3. The first-order valence-corrected chi connectivity index (χ1v) is 9.14. The van der Waals surface area contributed by atoms with Crippen molar-refractivity contribution in [3.63, 3.8) is 0 Å². The van der Waals surface area contributed by atoms with Crippen LogP contribution >= 0.6 is 0 Å². The minimum atomic E-state index is -0.164. The Labute approximate surface area is 127 Å². The average molecular weight is 289 g/mol. The maximum absolute atomic E-state index is 13.5. The van der Waals surface area contributed by atoms with Gasteiger partial charge in [-0.3, -0.25) is 4.79 Å². The summed E-state index contributed by atoms with van der Waals surface area (Å²) in [5.41, 5.74) is 0.0118. The normalized spacial score (nSPS) is 54.2. The Bertz CT molecular complexity index is 425. The molecule has 1 amide bonds. The van der Waals surface area contributed by atoms with Gasteiger partial charge in [0.2, 0.25) is 5.91 Å². The molecule has 0 spiro atoms. The molecule has 1 N–H and O–H groups in total. The molecular weight excluding hydrogens is 262 g/mol. The number of amides is 1. The molecule has 116 valence electrons. The van der Waals surface area contributed by atoms with Gasteiger partial charge >= 0.3 is 0 Å². The molecule has 6 aliphatic rings. The highest BCUT2D eigenvalue weighted by Crippen LogP contribution is 2.61. The van der Waals surface area contributed by atoms with Crippen LogP contribution in [0.3, 0.4) is 0 Å². The van der Waals surface area contributed by atoms with Crippen LogP contribution in [0.25, 0.3) is 0 Å². The number of hydrogen-bond donors (Lipinski definition) is 1. The molecule has 4 aliphatic carbocycles. The van der Waals surface area contributed by atoms with Gasteiger partial charge in [0.05, 0.1) is 11.5 Å². The van der Waals surface area contributed by atoms with Crippen molar-refractivity contribution >= 4 is 5.91 Å². The summed E-state index contributed by atoms with van der Waals surface area (Å²) in [6, 6.07) is 0.693. The van der Waals surface area contributed by atoms with Crippen LogP contribution in [0.15, 0.2) is 0 Å². The maximum atomic E-state index is 13.5. The fourth-order valence-electron chi connectivity index (χ4n) is 7.13. The second kappa shape index (κ2) is 4.24. The molecule has 6 rings (SSSR count). The molecule has 2 unspecified atom stereocenters. The summed E-state index contributed by atoms with van der Waals surface area (Å²) in [6.07, 6.45) is 11.5. The van der Waals surface area contributed by atoms with Gasteiger partial charge in [-0.15, -0.1) is 0 Å². The van der Waals surface area contributed by atoms with Gasteiger partial charge in [-0.2, -0.15) is 0 Å². The fourth-order valence-corrected chi connectivity index (χ4v) is 7.13. The molecule has 0 aromatic heterocycles. The Morgan fingerprint density at radius 2 is 1.33 bits per heavy atom. The van der Waals surface area contributed by atoms with Crippen molar-refractivity contribution in [1.29, 1.82) is 0 Å². The molecule has 6 fully saturated rings. The number of carbonyl (C=O) groups excluding carboxylic acids is 1. The summed E-state index contributed by atoms with van der Waals surface area (Å²) in [5, 5.41) is 9.99. The van der Waals surface area contributed by atoms with E-state index in [4.69, 9.17) is 0 Å². The Hall–Kier alpha value is -0.570. The lowest BCUT2D eigenvalue weighted by Crippen LogP contribution is -2.58. The first kappa shape index (κ1) is 12.9. The molecule has 2 atom stereocenters. The van der Waals surface area contributed by atoms with E-state index in [0.29, 0.717) is 18.0 Å². The Morgan fingerprint density at radius 3 is 1.81 bits per heavy atom. The highest BCUT2D eigenvalue weighted by molar-refractivity contribution is 5.84. The number of fused-ring (bicyclic) bond motifs is 2. The van der Waals surface area contributed by atoms with E-state index in [1.807, 2.05) is 0 Å². The zero-order valence-electron chi connectivity index (χ0n) is 12.8. The van der Waals surface area contributed by atoms with E-state index in [1.54, 1.807) is 0 Å². The summed E-state index contributed by atoms with van der Waals surface area (Å²) in [6.45, 7) is 0. The Balaban J connectivity index is 1.44. The molecular formula is C18H27NO2. The Morgan fingerprint density at radius 1 is 0.857 bits per heavy atom. The van der Waals surface area contributed by atoms with Gasteiger partial charge in [0.15, 0.2) is 0 Å². The zero-order valence-corrected chi connectivity index (χ0v) is 12.8. The molecule has 2 aliphatic heterocycles. The first-order chi connectivity index (χ1) is 10.1. The number of hydrogen-bond acceptors (Lipinski definition) is 2. The van der Waals surface area contributed by atoms with E-state index in [0.717, 1.165) is 43.4 Å². The van der Waals surface area contributed by atoms with E-state index < -0.39 is 0 Å². The van der Waals surface area contributed by atoms with Crippen molar-refractivity contribution in [2.24, 2.45) is 23.2 Å². The summed E-state index contributed by atoms with van der Waals surface area (Å²) in [5.74, 6) is 3.02. The molecule has 0 aromatic rings. The number of nitrogens with zero attached hydrogens (tertiary/aromatic N) is 1. The van der Waals surface area contributed by atoms with Crippen LogP contribution in [0.2, 0.25) is 0 Å². The van der Waals surface area contributed by atoms with Crippen molar-refractivity contribution in [2.45, 2.75) is 82.4 Å². The lowest BCUT2D eigenvalue weighted by molar-refractivity contribution is -0.163. The fraction of sp³-hybridized carbons (Fsp3) is 0.944. The molecule has 6 bridgehead atoms. The number of rotatable bonds is 1. The lowest BCUT2D eigenvalue weighted by Gasteiger charge is -2.57. The van der Waals surface area contributed by atoms with Gasteiger partial charge < -0.3 is 10.0 Å². The molecule has 0 aromatic carbocycles. The third-order valence-electron chi connectivity index (χ3n) is 7.43. The third kappa shape index (κ3) is 1.79. The van der Waals surface area contributed by atoms with Crippen LogP contribution in [-0.4, -0.2) is 34.1 Å². The van der Waals surface area contributed by atoms with Crippen molar-refractivity contribution in [3.05, 3.63) is 0 Å². The lowest BCUT2D eigenvalue weighted by atomic mass is 9.49. The quantitative estimate of drug-likeness (QED) is 0.806. The predicted octanol–water partition coefficient (Wildman–Crippen LogP) is 2.72. The van der Waals surface area contributed by atoms with E-state index in [9.17, 15) is 9.90 Å². The number of carbonyl (C=O) groups is 1. The maximum Gasteiger partial charge on any atom is 0.229 e. The molecule has 3 heteroatoms. The minimum absolute atomic E-state index is 0.0118. The van der Waals surface area contributed by atoms with Gasteiger partial charge in [-0.1, -0.05) is 0 Å². The van der Waals surface area contributed by atoms with Crippen LogP contribution < -0.4 is 0 Å². The molecule has 2 saturated heterocycles. The van der Waals surface area contributed by atoms with E-state index in [2.05, 4.69) is 4.90 Å². The van der Waals surface area contributed by atoms with Crippen LogP contribution in [0.4, 0.5) is 0 Å². The van der Waals surface area contributed by atoms with Crippen LogP contribution in [0.1, 0.15) is 64.2 Å². The monoisotopic (exact) mass is 289 g/mol. The summed E-state index contributed by atoms with van der Waals surface area (Å²) in [4.78, 5) is 15.7. The Kier molecular flexibility index (Phi) is 2.61. The van der Waals surface area contributed by atoms with Crippen LogP contribution in [-0.2, 0) is 4.79 Å². The van der Waals surface area contributed by atoms with E-state index in [1.165, 1.54) is 38.5 Å². The molecule has 0 radical (unpaired) electrons. The molecule has 21 heavy (non-hydrogen) atoms. The van der Waals surface area contributed by atoms with Crippen LogP contribution in [0, 0.1) is 23.2 Å². The summed E-state index contributed by atoms with van der Waals surface area (Å²) >= 11 is 0. The van der Waals surface area contributed by atoms with Gasteiger partial charge in [-0.05, 0) is 82.0 Å². The van der Waals surface area contributed by atoms with Crippen LogP contribution in [0.5, 0.6) is 0 Å². The van der Waals surface area contributed by atoms with Gasteiger partial charge in [0, 0.05) is 12.1 Å². The highest BCUT2D eigenvalue weighted by Gasteiger charge is 2.58. The standard InChI is InChI=1S/C18H27NO2/c20-16-6-14-1-2-15(7-16)19(14)17(21)18-8-11-3-12(9-18)5-13(4-11)10-18/h11-16,20H,1-10H2. The number of aliphatic hydroxyl groups is 1. The second-order valence-electron chi connectivity index (χ2n) is 8.92. The summed E-state index contributed by atoms with van der Waals surface area (Å²) < 4.78 is 0. The van der Waals surface area contributed by atoms with Crippen molar-refractivity contribution < 1.29 is 9.90 Å². The van der Waals surface area contributed by atoms with Gasteiger partial charge in [-0.25, -0.2) is 0 Å². The van der Waals surface area contributed by atoms with Crippen molar-refractivity contribution in [3.8, 4) is 0 Å². The predicted molar refractivity (Wildman–Crippen MR) is 79.5 cm³/mol. The molecule has 4 saturated carbocycles. The zero-order chi connectivity index (χ0) is 14.2. The van der Waals surface area contributed by atoms with E-state index >= 15 is 0 Å². The largest absolute Gasteiger partial charge is 0.393 e. The molecule has 3 nitrogen and oxygen atoms in total. The number of aliphatic hydroxyl groups excluding tert-OH is 1. The van der Waals surface area contributed by atoms with Gasteiger partial charge in [0.1, 0.15) is 0 Å². The van der Waals surface area contributed by atoms with Crippen molar-refractivity contribution in [2.75, 3.05) is 0 Å². The topological polar surface area (TPSA) is 40.5 Å². The molecule has 2 heterocycles. The number of piperidine rings is 1. The summed E-state index contributed by atoms with van der Waals surface area (Å²) in [7, 11) is 0.